The first-order valence-corrected chi connectivity index (χ1v) is 12.0. The Labute approximate surface area is 210 Å². The molecule has 0 aliphatic carbocycles. The topological polar surface area (TPSA) is 105 Å². The van der Waals surface area contributed by atoms with Gasteiger partial charge in [0.2, 0.25) is 0 Å². The molecule has 0 aliphatic heterocycles. The normalized spacial score (nSPS) is 10.5. The van der Waals surface area contributed by atoms with Gasteiger partial charge in [0.1, 0.15) is 17.2 Å². The average molecular weight is 492 g/mol. The minimum atomic E-state index is -0.659. The molecule has 0 bridgehead atoms. The number of carbonyl (C=O) groups excluding carboxylic acids is 2. The van der Waals surface area contributed by atoms with E-state index in [1.807, 2.05) is 0 Å². The molecule has 0 amide bonds. The van der Waals surface area contributed by atoms with Crippen molar-refractivity contribution in [1.29, 1.82) is 0 Å². The summed E-state index contributed by atoms with van der Waals surface area (Å²) >= 11 is 0. The maximum atomic E-state index is 12.4. The second-order valence-electron chi connectivity index (χ2n) is 8.20. The van der Waals surface area contributed by atoms with Crippen molar-refractivity contribution >= 4 is 17.6 Å². The molecule has 0 atom stereocenters. The number of non-ortho nitro benzene ring substituents is 1. The molecular formula is C28H29NO7. The van der Waals surface area contributed by atoms with Crippen molar-refractivity contribution in [1.82, 2.24) is 0 Å². The Hall–Kier alpha value is -4.20. The second kappa shape index (κ2) is 13.6. The fourth-order valence-electron chi connectivity index (χ4n) is 3.39. The third-order valence-corrected chi connectivity index (χ3v) is 5.42. The third kappa shape index (κ3) is 8.23. The molecule has 3 rings (SSSR count). The highest BCUT2D eigenvalue weighted by atomic mass is 16.6. The fourth-order valence-corrected chi connectivity index (χ4v) is 3.39. The summed E-state index contributed by atoms with van der Waals surface area (Å²) in [5.74, 6) is 0.0596. The highest BCUT2D eigenvalue weighted by Gasteiger charge is 2.13. The summed E-state index contributed by atoms with van der Waals surface area (Å²) in [6.07, 6.45) is 7.17. The Kier molecular flexibility index (Phi) is 10.00. The van der Waals surface area contributed by atoms with Crippen LogP contribution in [0.25, 0.3) is 0 Å². The number of nitro groups is 1. The minimum Gasteiger partial charge on any atom is -0.494 e. The van der Waals surface area contributed by atoms with Crippen molar-refractivity contribution in [2.24, 2.45) is 0 Å². The Bertz CT molecular complexity index is 1140. The SMILES string of the molecule is CCCCCCCCOc1ccc(C(=O)Oc2ccc(OC(=O)c3ccc([N+](=O)[O-])cc3)cc2)cc1. The van der Waals surface area contributed by atoms with E-state index < -0.39 is 16.9 Å². The van der Waals surface area contributed by atoms with Crippen LogP contribution in [0.2, 0.25) is 0 Å². The van der Waals surface area contributed by atoms with Gasteiger partial charge in [-0.15, -0.1) is 0 Å². The van der Waals surface area contributed by atoms with Gasteiger partial charge in [0.05, 0.1) is 22.7 Å². The van der Waals surface area contributed by atoms with Crippen LogP contribution in [0.4, 0.5) is 5.69 Å². The molecule has 0 fully saturated rings. The zero-order valence-corrected chi connectivity index (χ0v) is 20.2. The van der Waals surface area contributed by atoms with Gasteiger partial charge >= 0.3 is 11.9 Å². The lowest BCUT2D eigenvalue weighted by Crippen LogP contribution is -2.09. The van der Waals surface area contributed by atoms with E-state index in [-0.39, 0.29) is 17.0 Å². The van der Waals surface area contributed by atoms with Crippen molar-refractivity contribution < 1.29 is 28.7 Å². The predicted molar refractivity (Wildman–Crippen MR) is 135 cm³/mol. The summed E-state index contributed by atoms with van der Waals surface area (Å²) in [4.78, 5) is 34.8. The smallest absolute Gasteiger partial charge is 0.343 e. The lowest BCUT2D eigenvalue weighted by molar-refractivity contribution is -0.384. The summed E-state index contributed by atoms with van der Waals surface area (Å²) in [6, 6.07) is 17.9. The standard InChI is InChI=1S/C28H29NO7/c1-2-3-4-5-6-7-20-34-24-14-10-22(11-15-24)28(31)36-26-18-16-25(17-19-26)35-27(30)21-8-12-23(13-9-21)29(32)33/h8-19H,2-7,20H2,1H3. The van der Waals surface area contributed by atoms with E-state index in [0.29, 0.717) is 23.7 Å². The van der Waals surface area contributed by atoms with Crippen LogP contribution in [0.15, 0.2) is 72.8 Å². The number of nitrogens with zero attached hydrogens (tertiary/aromatic N) is 1. The zero-order chi connectivity index (χ0) is 25.8. The number of nitro benzene ring substituents is 1. The number of carbonyl (C=O) groups is 2. The summed E-state index contributed by atoms with van der Waals surface area (Å²) in [6.45, 7) is 2.85. The lowest BCUT2D eigenvalue weighted by atomic mass is 10.1. The van der Waals surface area contributed by atoms with Crippen LogP contribution in [0, 0.1) is 10.1 Å². The van der Waals surface area contributed by atoms with E-state index in [0.717, 1.165) is 12.8 Å². The highest BCUT2D eigenvalue weighted by molar-refractivity contribution is 5.92. The van der Waals surface area contributed by atoms with E-state index in [4.69, 9.17) is 14.2 Å². The summed E-state index contributed by atoms with van der Waals surface area (Å²) in [5, 5.41) is 10.7. The van der Waals surface area contributed by atoms with Gasteiger partial charge < -0.3 is 14.2 Å². The first-order valence-electron chi connectivity index (χ1n) is 12.0. The van der Waals surface area contributed by atoms with Crippen LogP contribution in [0.3, 0.4) is 0 Å². The molecule has 0 spiro atoms. The Morgan fingerprint density at radius 2 is 1.11 bits per heavy atom. The van der Waals surface area contributed by atoms with E-state index in [9.17, 15) is 19.7 Å². The lowest BCUT2D eigenvalue weighted by Gasteiger charge is -2.08. The van der Waals surface area contributed by atoms with Gasteiger partial charge in [-0.05, 0) is 67.1 Å². The quantitative estimate of drug-likeness (QED) is 0.0854. The number of rotatable bonds is 13. The second-order valence-corrected chi connectivity index (χ2v) is 8.20. The van der Waals surface area contributed by atoms with Crippen molar-refractivity contribution in [2.75, 3.05) is 6.61 Å². The number of hydrogen-bond acceptors (Lipinski definition) is 7. The minimum absolute atomic E-state index is 0.118. The Balaban J connectivity index is 1.45. The largest absolute Gasteiger partial charge is 0.494 e. The van der Waals surface area contributed by atoms with E-state index in [1.54, 1.807) is 24.3 Å². The van der Waals surface area contributed by atoms with Gasteiger partial charge in [-0.25, -0.2) is 9.59 Å². The van der Waals surface area contributed by atoms with Crippen LogP contribution in [0.1, 0.15) is 66.2 Å². The van der Waals surface area contributed by atoms with E-state index >= 15 is 0 Å². The molecule has 3 aromatic rings. The van der Waals surface area contributed by atoms with Crippen LogP contribution in [0.5, 0.6) is 17.2 Å². The Morgan fingerprint density at radius 1 is 0.667 bits per heavy atom. The summed E-state index contributed by atoms with van der Waals surface area (Å²) in [5.41, 5.74) is 0.444. The molecule has 0 radical (unpaired) electrons. The first kappa shape index (κ1) is 26.4. The van der Waals surface area contributed by atoms with Gasteiger partial charge in [0.15, 0.2) is 0 Å². The van der Waals surface area contributed by atoms with Crippen molar-refractivity contribution in [3.63, 3.8) is 0 Å². The maximum absolute atomic E-state index is 12.4. The number of benzene rings is 3. The van der Waals surface area contributed by atoms with E-state index in [1.165, 1.54) is 74.2 Å². The molecule has 0 saturated heterocycles. The van der Waals surface area contributed by atoms with Crippen LogP contribution in [-0.2, 0) is 0 Å². The molecule has 8 heteroatoms. The van der Waals surface area contributed by atoms with Crippen molar-refractivity contribution in [2.45, 2.75) is 45.4 Å². The first-order chi connectivity index (χ1) is 17.5. The van der Waals surface area contributed by atoms with Gasteiger partial charge in [0, 0.05) is 12.1 Å². The highest BCUT2D eigenvalue weighted by Crippen LogP contribution is 2.21. The van der Waals surface area contributed by atoms with Gasteiger partial charge in [-0.2, -0.15) is 0 Å². The van der Waals surface area contributed by atoms with E-state index in [2.05, 4.69) is 6.92 Å². The van der Waals surface area contributed by atoms with Crippen molar-refractivity contribution in [3.05, 3.63) is 94.0 Å². The van der Waals surface area contributed by atoms with Gasteiger partial charge in [0.25, 0.3) is 5.69 Å². The number of esters is 2. The molecule has 0 unspecified atom stereocenters. The van der Waals surface area contributed by atoms with Crippen LogP contribution >= 0.6 is 0 Å². The summed E-state index contributed by atoms with van der Waals surface area (Å²) < 4.78 is 16.4. The molecular weight excluding hydrogens is 462 g/mol. The molecule has 8 nitrogen and oxygen atoms in total. The summed E-state index contributed by atoms with van der Waals surface area (Å²) in [7, 11) is 0. The van der Waals surface area contributed by atoms with Gasteiger partial charge in [-0.1, -0.05) is 39.0 Å². The molecule has 0 aliphatic rings. The zero-order valence-electron chi connectivity index (χ0n) is 20.2. The number of ether oxygens (including phenoxy) is 3. The monoisotopic (exact) mass is 491 g/mol. The van der Waals surface area contributed by atoms with Crippen LogP contribution < -0.4 is 14.2 Å². The van der Waals surface area contributed by atoms with Crippen LogP contribution in [-0.4, -0.2) is 23.5 Å². The molecule has 3 aromatic carbocycles. The molecule has 0 saturated carbocycles. The molecule has 0 N–H and O–H groups in total. The molecule has 0 aromatic heterocycles. The van der Waals surface area contributed by atoms with Crippen molar-refractivity contribution in [3.8, 4) is 17.2 Å². The number of hydrogen-bond donors (Lipinski definition) is 0. The Morgan fingerprint density at radius 3 is 1.61 bits per heavy atom. The fraction of sp³-hybridized carbons (Fsp3) is 0.286. The average Bonchev–Trinajstić information content (AvgIpc) is 2.89. The predicted octanol–water partition coefficient (Wildman–Crippen LogP) is 6.77. The molecule has 188 valence electrons. The van der Waals surface area contributed by atoms with Gasteiger partial charge in [-0.3, -0.25) is 10.1 Å². The third-order valence-electron chi connectivity index (χ3n) is 5.42. The molecule has 36 heavy (non-hydrogen) atoms. The molecule has 0 heterocycles. The number of unbranched alkanes of at least 4 members (excludes halogenated alkanes) is 5. The maximum Gasteiger partial charge on any atom is 0.343 e.